The summed E-state index contributed by atoms with van der Waals surface area (Å²) in [4.78, 5) is 25.3. The van der Waals surface area contributed by atoms with E-state index in [0.29, 0.717) is 21.9 Å². The number of esters is 1. The van der Waals surface area contributed by atoms with Crippen molar-refractivity contribution in [2.45, 2.75) is 19.1 Å². The molecule has 0 aliphatic carbocycles. The molecule has 0 radical (unpaired) electrons. The van der Waals surface area contributed by atoms with Crippen molar-refractivity contribution in [1.29, 1.82) is 0 Å². The van der Waals surface area contributed by atoms with Crippen LogP contribution in [-0.2, 0) is 31.5 Å². The molecule has 0 saturated heterocycles. The predicted molar refractivity (Wildman–Crippen MR) is 109 cm³/mol. The molecule has 0 atom stereocenters. The van der Waals surface area contributed by atoms with Crippen LogP contribution >= 0.6 is 11.3 Å². The Kier molecular flexibility index (Phi) is 6.43. The van der Waals surface area contributed by atoms with Gasteiger partial charge in [-0.2, -0.15) is 0 Å². The van der Waals surface area contributed by atoms with Gasteiger partial charge in [0.1, 0.15) is 16.5 Å². The van der Waals surface area contributed by atoms with E-state index in [0.717, 1.165) is 11.3 Å². The van der Waals surface area contributed by atoms with Gasteiger partial charge in [0.2, 0.25) is 0 Å². The average molecular weight is 440 g/mol. The van der Waals surface area contributed by atoms with Crippen LogP contribution in [0.3, 0.4) is 0 Å². The number of methoxy groups -OCH3 is 1. The fourth-order valence-electron chi connectivity index (χ4n) is 2.91. The molecule has 1 aliphatic heterocycles. The van der Waals surface area contributed by atoms with E-state index in [1.807, 2.05) is 0 Å². The van der Waals surface area contributed by atoms with E-state index < -0.39 is 21.7 Å². The van der Waals surface area contributed by atoms with E-state index in [9.17, 15) is 18.0 Å². The average Bonchev–Trinajstić information content (AvgIpc) is 3.02. The number of hydrogen-bond donors (Lipinski definition) is 1. The van der Waals surface area contributed by atoms with Crippen LogP contribution in [0.4, 0.5) is 5.00 Å². The molecular formula is C19H21NO7S2. The van der Waals surface area contributed by atoms with Crippen LogP contribution in [0.25, 0.3) is 0 Å². The van der Waals surface area contributed by atoms with E-state index in [-0.39, 0.29) is 41.7 Å². The number of benzene rings is 1. The smallest absolute Gasteiger partial charge is 0.341 e. The molecule has 0 unspecified atom stereocenters. The maximum atomic E-state index is 12.4. The molecule has 1 aliphatic rings. The summed E-state index contributed by atoms with van der Waals surface area (Å²) >= 11 is 1.09. The molecule has 0 bridgehead atoms. The van der Waals surface area contributed by atoms with Gasteiger partial charge in [-0.3, -0.25) is 4.79 Å². The molecule has 0 spiro atoms. The first-order chi connectivity index (χ1) is 13.8. The summed E-state index contributed by atoms with van der Waals surface area (Å²) in [5.74, 6) is -0.0547. The molecule has 3 rings (SSSR count). The van der Waals surface area contributed by atoms with Gasteiger partial charge in [0.25, 0.3) is 5.91 Å². The van der Waals surface area contributed by atoms with Gasteiger partial charge < -0.3 is 19.5 Å². The summed E-state index contributed by atoms with van der Waals surface area (Å²) in [6, 6.07) is 6.76. The minimum atomic E-state index is -3.21. The first-order valence-electron chi connectivity index (χ1n) is 8.91. The Balaban J connectivity index is 1.75. The van der Waals surface area contributed by atoms with E-state index in [2.05, 4.69) is 5.32 Å². The number of rotatable bonds is 7. The molecule has 1 aromatic heterocycles. The summed E-state index contributed by atoms with van der Waals surface area (Å²) in [7, 11) is -1.66. The van der Waals surface area contributed by atoms with Gasteiger partial charge in [0.15, 0.2) is 16.4 Å². The molecule has 0 saturated carbocycles. The second-order valence-corrected chi connectivity index (χ2v) is 9.57. The van der Waals surface area contributed by atoms with E-state index in [1.165, 1.54) is 0 Å². The van der Waals surface area contributed by atoms with Gasteiger partial charge in [-0.25, -0.2) is 13.2 Å². The second kappa shape index (κ2) is 8.83. The lowest BCUT2D eigenvalue weighted by atomic mass is 10.1. The zero-order chi connectivity index (χ0) is 21.0. The van der Waals surface area contributed by atoms with Gasteiger partial charge in [0.05, 0.1) is 30.8 Å². The van der Waals surface area contributed by atoms with Crippen molar-refractivity contribution in [3.63, 3.8) is 0 Å². The molecular weight excluding hydrogens is 418 g/mol. The van der Waals surface area contributed by atoms with Crippen LogP contribution in [-0.4, -0.2) is 46.4 Å². The summed E-state index contributed by atoms with van der Waals surface area (Å²) in [5, 5.41) is 2.95. The number of carbonyl (C=O) groups is 2. The Labute approximate surface area is 172 Å². The topological polar surface area (TPSA) is 108 Å². The van der Waals surface area contributed by atoms with E-state index in [4.69, 9.17) is 14.2 Å². The van der Waals surface area contributed by atoms with Crippen molar-refractivity contribution < 1.29 is 32.2 Å². The molecule has 10 heteroatoms. The summed E-state index contributed by atoms with van der Waals surface area (Å²) in [5.41, 5.74) is 0.870. The molecule has 1 N–H and O–H groups in total. The standard InChI is InChI=1S/C19H21NO7S2/c1-3-26-19(22)17-14-8-9-29(23,24)11-15(14)28-18(17)20-16(21)10-27-13-6-4-12(25-2)5-7-13/h4-7H,3,8-11H2,1-2H3,(H,20,21). The van der Waals surface area contributed by atoms with Gasteiger partial charge in [0, 0.05) is 4.88 Å². The predicted octanol–water partition coefficient (Wildman–Crippen LogP) is 2.42. The number of carbonyl (C=O) groups excluding carboxylic acids is 2. The molecule has 0 fully saturated rings. The van der Waals surface area contributed by atoms with E-state index >= 15 is 0 Å². The lowest BCUT2D eigenvalue weighted by Gasteiger charge is -2.13. The van der Waals surface area contributed by atoms with Crippen LogP contribution in [0.15, 0.2) is 24.3 Å². The Morgan fingerprint density at radius 3 is 2.52 bits per heavy atom. The molecule has 8 nitrogen and oxygen atoms in total. The van der Waals surface area contributed by atoms with Gasteiger partial charge in [-0.05, 0) is 43.2 Å². The fourth-order valence-corrected chi connectivity index (χ4v) is 5.97. The zero-order valence-electron chi connectivity index (χ0n) is 16.0. The van der Waals surface area contributed by atoms with Crippen LogP contribution in [0.5, 0.6) is 11.5 Å². The van der Waals surface area contributed by atoms with Crippen molar-refractivity contribution in [1.82, 2.24) is 0 Å². The van der Waals surface area contributed by atoms with Crippen molar-refractivity contribution in [2.75, 3.05) is 31.4 Å². The third-order valence-electron chi connectivity index (χ3n) is 4.27. The first kappa shape index (κ1) is 21.1. The van der Waals surface area contributed by atoms with Crippen LogP contribution < -0.4 is 14.8 Å². The Hall–Kier alpha value is -2.59. The largest absolute Gasteiger partial charge is 0.497 e. The summed E-state index contributed by atoms with van der Waals surface area (Å²) in [6.07, 6.45) is 0.223. The molecule has 29 heavy (non-hydrogen) atoms. The van der Waals surface area contributed by atoms with Crippen LogP contribution in [0.2, 0.25) is 0 Å². The highest BCUT2D eigenvalue weighted by Crippen LogP contribution is 2.38. The number of anilines is 1. The number of ether oxygens (including phenoxy) is 3. The summed E-state index contributed by atoms with van der Waals surface area (Å²) in [6.45, 7) is 1.59. The number of sulfone groups is 1. The highest BCUT2D eigenvalue weighted by molar-refractivity contribution is 7.90. The van der Waals surface area contributed by atoms with Gasteiger partial charge in [-0.1, -0.05) is 0 Å². The lowest BCUT2D eigenvalue weighted by molar-refractivity contribution is -0.118. The third kappa shape index (κ3) is 5.07. The third-order valence-corrected chi connectivity index (χ3v) is 7.15. The first-order valence-corrected chi connectivity index (χ1v) is 11.6. The Morgan fingerprint density at radius 2 is 1.86 bits per heavy atom. The molecule has 156 valence electrons. The Bertz CT molecular complexity index is 1010. The fraction of sp³-hybridized carbons (Fsp3) is 0.368. The molecule has 2 heterocycles. The lowest BCUT2D eigenvalue weighted by Crippen LogP contribution is -2.22. The molecule has 2 aromatic rings. The highest BCUT2D eigenvalue weighted by atomic mass is 32.2. The minimum Gasteiger partial charge on any atom is -0.497 e. The number of amides is 1. The van der Waals surface area contributed by atoms with Crippen LogP contribution in [0.1, 0.15) is 27.7 Å². The maximum absolute atomic E-state index is 12.4. The Morgan fingerprint density at radius 1 is 1.17 bits per heavy atom. The number of fused-ring (bicyclic) bond motifs is 1. The SMILES string of the molecule is CCOC(=O)c1c(NC(=O)COc2ccc(OC)cc2)sc2c1CCS(=O)(=O)C2. The van der Waals surface area contributed by atoms with Crippen molar-refractivity contribution in [3.8, 4) is 11.5 Å². The maximum Gasteiger partial charge on any atom is 0.341 e. The van der Waals surface area contributed by atoms with Crippen LogP contribution in [0, 0.1) is 0 Å². The van der Waals surface area contributed by atoms with Gasteiger partial charge >= 0.3 is 5.97 Å². The van der Waals surface area contributed by atoms with Crippen molar-refractivity contribution in [3.05, 3.63) is 40.3 Å². The minimum absolute atomic E-state index is 0.0306. The number of nitrogens with one attached hydrogen (secondary N) is 1. The normalized spacial score (nSPS) is 14.6. The van der Waals surface area contributed by atoms with E-state index in [1.54, 1.807) is 38.3 Å². The molecule has 1 aromatic carbocycles. The zero-order valence-corrected chi connectivity index (χ0v) is 17.7. The van der Waals surface area contributed by atoms with Crippen molar-refractivity contribution in [2.24, 2.45) is 0 Å². The molecule has 1 amide bonds. The second-order valence-electron chi connectivity index (χ2n) is 6.28. The monoisotopic (exact) mass is 439 g/mol. The number of hydrogen-bond acceptors (Lipinski definition) is 8. The van der Waals surface area contributed by atoms with Gasteiger partial charge in [-0.15, -0.1) is 11.3 Å². The van der Waals surface area contributed by atoms with Crippen molar-refractivity contribution >= 4 is 38.1 Å². The summed E-state index contributed by atoms with van der Waals surface area (Å²) < 4.78 is 39.5. The number of thiophene rings is 1. The quantitative estimate of drug-likeness (QED) is 0.660. The highest BCUT2D eigenvalue weighted by Gasteiger charge is 2.32.